The Kier molecular flexibility index (Phi) is 4.60. The smallest absolute Gasteiger partial charge is 0.319 e. The second-order valence-corrected chi connectivity index (χ2v) is 4.30. The summed E-state index contributed by atoms with van der Waals surface area (Å²) in [5.74, 6) is 1.45. The summed E-state index contributed by atoms with van der Waals surface area (Å²) in [7, 11) is 1.58. The van der Waals surface area contributed by atoms with Crippen LogP contribution in [-0.4, -0.2) is 24.8 Å². The summed E-state index contributed by atoms with van der Waals surface area (Å²) in [6, 6.07) is 8.75. The van der Waals surface area contributed by atoms with Gasteiger partial charge in [0.05, 0.1) is 12.8 Å². The molecule has 1 heterocycles. The quantitative estimate of drug-likeness (QED) is 0.878. The Morgan fingerprint density at radius 2 is 2.25 bits per heavy atom. The molecule has 6 nitrogen and oxygen atoms in total. The van der Waals surface area contributed by atoms with E-state index in [2.05, 4.69) is 15.8 Å². The summed E-state index contributed by atoms with van der Waals surface area (Å²) in [6.07, 6.45) is 0.604. The molecule has 20 heavy (non-hydrogen) atoms. The molecule has 1 aromatic carbocycles. The second-order valence-electron chi connectivity index (χ2n) is 4.30. The van der Waals surface area contributed by atoms with Crippen LogP contribution in [0.25, 0.3) is 0 Å². The van der Waals surface area contributed by atoms with Crippen LogP contribution in [0.2, 0.25) is 0 Å². The minimum atomic E-state index is -0.269. The molecule has 6 heteroatoms. The van der Waals surface area contributed by atoms with Gasteiger partial charge in [0.15, 0.2) is 0 Å². The number of urea groups is 1. The van der Waals surface area contributed by atoms with Gasteiger partial charge in [-0.15, -0.1) is 0 Å². The molecule has 0 aliphatic carbocycles. The highest BCUT2D eigenvalue weighted by Gasteiger charge is 2.04. The van der Waals surface area contributed by atoms with Crippen LogP contribution in [0.5, 0.6) is 5.75 Å². The highest BCUT2D eigenvalue weighted by molar-refractivity contribution is 5.89. The molecule has 0 radical (unpaired) electrons. The number of rotatable bonds is 5. The summed E-state index contributed by atoms with van der Waals surface area (Å²) < 4.78 is 10.1. The Hall–Kier alpha value is -2.50. The first-order valence-corrected chi connectivity index (χ1v) is 6.28. The third kappa shape index (κ3) is 4.01. The standard InChI is InChI=1S/C14H17N3O3/c1-10-8-13(20-17-10)6-7-15-14(18)16-11-4-3-5-12(9-11)19-2/h3-5,8-9H,6-7H2,1-2H3,(H2,15,16,18). The van der Waals surface area contributed by atoms with E-state index in [1.165, 1.54) is 0 Å². The van der Waals surface area contributed by atoms with Gasteiger partial charge in [-0.3, -0.25) is 0 Å². The van der Waals surface area contributed by atoms with Crippen LogP contribution < -0.4 is 15.4 Å². The maximum absolute atomic E-state index is 11.7. The predicted molar refractivity (Wildman–Crippen MR) is 75.0 cm³/mol. The molecule has 0 atom stereocenters. The van der Waals surface area contributed by atoms with Crippen molar-refractivity contribution in [3.05, 3.63) is 41.8 Å². The van der Waals surface area contributed by atoms with Crippen molar-refractivity contribution < 1.29 is 14.1 Å². The SMILES string of the molecule is COc1cccc(NC(=O)NCCc2cc(C)no2)c1. The second kappa shape index (κ2) is 6.60. The third-order valence-electron chi connectivity index (χ3n) is 2.66. The highest BCUT2D eigenvalue weighted by atomic mass is 16.5. The molecule has 0 aliphatic rings. The number of hydrogen-bond donors (Lipinski definition) is 2. The van der Waals surface area contributed by atoms with E-state index in [0.717, 1.165) is 11.5 Å². The number of aryl methyl sites for hydroxylation is 1. The van der Waals surface area contributed by atoms with Crippen LogP contribution >= 0.6 is 0 Å². The van der Waals surface area contributed by atoms with Crippen LogP contribution in [0.15, 0.2) is 34.9 Å². The molecule has 0 bridgehead atoms. The van der Waals surface area contributed by atoms with E-state index in [1.807, 2.05) is 25.1 Å². The Labute approximate surface area is 117 Å². The Balaban J connectivity index is 1.77. The maximum atomic E-state index is 11.7. The minimum absolute atomic E-state index is 0.269. The van der Waals surface area contributed by atoms with Crippen molar-refractivity contribution in [1.82, 2.24) is 10.5 Å². The van der Waals surface area contributed by atoms with Crippen molar-refractivity contribution in [1.29, 1.82) is 0 Å². The molecular weight excluding hydrogens is 258 g/mol. The average Bonchev–Trinajstić information content (AvgIpc) is 2.84. The largest absolute Gasteiger partial charge is 0.497 e. The van der Waals surface area contributed by atoms with Crippen molar-refractivity contribution in [2.45, 2.75) is 13.3 Å². The van der Waals surface area contributed by atoms with E-state index in [4.69, 9.17) is 9.26 Å². The molecule has 1 aromatic heterocycles. The van der Waals surface area contributed by atoms with E-state index in [-0.39, 0.29) is 6.03 Å². The number of carbonyl (C=O) groups excluding carboxylic acids is 1. The summed E-state index contributed by atoms with van der Waals surface area (Å²) >= 11 is 0. The number of hydrogen-bond acceptors (Lipinski definition) is 4. The summed E-state index contributed by atoms with van der Waals surface area (Å²) in [5, 5.41) is 9.26. The number of nitrogens with zero attached hydrogens (tertiary/aromatic N) is 1. The van der Waals surface area contributed by atoms with Gasteiger partial charge in [-0.1, -0.05) is 11.2 Å². The van der Waals surface area contributed by atoms with E-state index in [0.29, 0.717) is 24.4 Å². The summed E-state index contributed by atoms with van der Waals surface area (Å²) in [6.45, 7) is 2.33. The number of aromatic nitrogens is 1. The molecule has 0 fully saturated rings. The van der Waals surface area contributed by atoms with Crippen molar-refractivity contribution in [2.75, 3.05) is 19.0 Å². The van der Waals surface area contributed by atoms with Crippen molar-refractivity contribution in [3.63, 3.8) is 0 Å². The van der Waals surface area contributed by atoms with Crippen LogP contribution in [0.1, 0.15) is 11.5 Å². The van der Waals surface area contributed by atoms with Gasteiger partial charge in [-0.2, -0.15) is 0 Å². The van der Waals surface area contributed by atoms with Crippen molar-refractivity contribution in [3.8, 4) is 5.75 Å². The van der Waals surface area contributed by atoms with Crippen LogP contribution in [0.3, 0.4) is 0 Å². The first kappa shape index (κ1) is 13.9. The van der Waals surface area contributed by atoms with Gasteiger partial charge in [0.2, 0.25) is 0 Å². The molecule has 0 saturated heterocycles. The Morgan fingerprint density at radius 3 is 2.95 bits per heavy atom. The first-order valence-electron chi connectivity index (χ1n) is 6.28. The van der Waals surface area contributed by atoms with Crippen molar-refractivity contribution in [2.24, 2.45) is 0 Å². The van der Waals surface area contributed by atoms with Gasteiger partial charge in [0.25, 0.3) is 0 Å². The zero-order valence-corrected chi connectivity index (χ0v) is 11.5. The minimum Gasteiger partial charge on any atom is -0.497 e. The lowest BCUT2D eigenvalue weighted by Crippen LogP contribution is -2.30. The number of benzene rings is 1. The topological polar surface area (TPSA) is 76.4 Å². The summed E-state index contributed by atoms with van der Waals surface area (Å²) in [4.78, 5) is 11.7. The Bertz CT molecular complexity index is 581. The molecule has 0 spiro atoms. The molecule has 0 saturated carbocycles. The third-order valence-corrected chi connectivity index (χ3v) is 2.66. The fraction of sp³-hybridized carbons (Fsp3) is 0.286. The number of nitrogens with one attached hydrogen (secondary N) is 2. The van der Waals surface area contributed by atoms with Gasteiger partial charge in [-0.25, -0.2) is 4.79 Å². The Morgan fingerprint density at radius 1 is 1.40 bits per heavy atom. The first-order chi connectivity index (χ1) is 9.67. The maximum Gasteiger partial charge on any atom is 0.319 e. The van der Waals surface area contributed by atoms with Gasteiger partial charge >= 0.3 is 6.03 Å². The molecule has 0 unspecified atom stereocenters. The van der Waals surface area contributed by atoms with Gasteiger partial charge in [-0.05, 0) is 19.1 Å². The van der Waals surface area contributed by atoms with E-state index >= 15 is 0 Å². The molecular formula is C14H17N3O3. The van der Waals surface area contributed by atoms with E-state index in [9.17, 15) is 4.79 Å². The average molecular weight is 275 g/mol. The van der Waals surface area contributed by atoms with Crippen LogP contribution in [0, 0.1) is 6.92 Å². The molecule has 2 rings (SSSR count). The van der Waals surface area contributed by atoms with Crippen LogP contribution in [0.4, 0.5) is 10.5 Å². The molecule has 0 aliphatic heterocycles. The normalized spacial score (nSPS) is 10.1. The molecule has 2 N–H and O–H groups in total. The van der Waals surface area contributed by atoms with Crippen LogP contribution in [-0.2, 0) is 6.42 Å². The predicted octanol–water partition coefficient (Wildman–Crippen LogP) is 2.36. The van der Waals surface area contributed by atoms with E-state index < -0.39 is 0 Å². The molecule has 106 valence electrons. The monoisotopic (exact) mass is 275 g/mol. The molecule has 2 amide bonds. The number of anilines is 1. The number of methoxy groups -OCH3 is 1. The highest BCUT2D eigenvalue weighted by Crippen LogP contribution is 2.16. The lowest BCUT2D eigenvalue weighted by molar-refractivity contribution is 0.252. The van der Waals surface area contributed by atoms with Gasteiger partial charge < -0.3 is 19.9 Å². The zero-order chi connectivity index (χ0) is 14.4. The number of carbonyl (C=O) groups is 1. The summed E-state index contributed by atoms with van der Waals surface area (Å²) in [5.41, 5.74) is 1.51. The van der Waals surface area contributed by atoms with E-state index in [1.54, 1.807) is 19.2 Å². The molecule has 2 aromatic rings. The fourth-order valence-electron chi connectivity index (χ4n) is 1.71. The fourth-order valence-corrected chi connectivity index (χ4v) is 1.71. The number of amides is 2. The lowest BCUT2D eigenvalue weighted by atomic mass is 10.3. The van der Waals surface area contributed by atoms with Gasteiger partial charge in [0, 0.05) is 30.8 Å². The van der Waals surface area contributed by atoms with Crippen molar-refractivity contribution >= 4 is 11.7 Å². The number of ether oxygens (including phenoxy) is 1. The van der Waals surface area contributed by atoms with Gasteiger partial charge in [0.1, 0.15) is 11.5 Å². The lowest BCUT2D eigenvalue weighted by Gasteiger charge is -2.08. The zero-order valence-electron chi connectivity index (χ0n) is 11.5.